The van der Waals surface area contributed by atoms with Crippen LogP contribution in [0.5, 0.6) is 5.88 Å². The van der Waals surface area contributed by atoms with Gasteiger partial charge in [0.15, 0.2) is 0 Å². The van der Waals surface area contributed by atoms with Gasteiger partial charge in [0.25, 0.3) is 0 Å². The van der Waals surface area contributed by atoms with E-state index in [0.717, 1.165) is 0 Å². The molecule has 0 aliphatic carbocycles. The average Bonchev–Trinajstić information content (AvgIpc) is 2.20. The Balaban J connectivity index is 1.79. The van der Waals surface area contributed by atoms with E-state index in [0.29, 0.717) is 23.6 Å². The van der Waals surface area contributed by atoms with E-state index < -0.39 is 5.60 Å². The van der Waals surface area contributed by atoms with Crippen LogP contribution in [0.4, 0.5) is 4.79 Å². The van der Waals surface area contributed by atoms with Crippen LogP contribution in [-0.2, 0) is 4.74 Å². The van der Waals surface area contributed by atoms with E-state index in [1.807, 2.05) is 20.8 Å². The first kappa shape index (κ1) is 14.0. The summed E-state index contributed by atoms with van der Waals surface area (Å²) < 4.78 is 11.5. The minimum Gasteiger partial charge on any atom is -0.469 e. The minimum atomic E-state index is -0.473. The Kier molecular flexibility index (Phi) is 3.93. The van der Waals surface area contributed by atoms with Gasteiger partial charge in [-0.3, -0.25) is 4.98 Å². The number of aromatic nitrogens is 2. The lowest BCUT2D eigenvalue weighted by molar-refractivity contribution is -0.0233. The predicted molar refractivity (Wildman–Crippen MR) is 72.0 cm³/mol. The van der Waals surface area contributed by atoms with Gasteiger partial charge in [-0.25, -0.2) is 9.78 Å². The Morgan fingerprint density at radius 1 is 1.42 bits per heavy atom. The normalized spacial score (nSPS) is 15.9. The number of halogens is 1. The molecule has 1 saturated heterocycles. The second-order valence-corrected chi connectivity index (χ2v) is 6.12. The van der Waals surface area contributed by atoms with Crippen LogP contribution in [0.25, 0.3) is 0 Å². The summed E-state index contributed by atoms with van der Waals surface area (Å²) in [5.74, 6) is 0.447. The van der Waals surface area contributed by atoms with E-state index in [-0.39, 0.29) is 12.2 Å². The summed E-state index contributed by atoms with van der Waals surface area (Å²) in [4.78, 5) is 21.4. The fourth-order valence-electron chi connectivity index (χ4n) is 1.54. The molecule has 7 heteroatoms. The van der Waals surface area contributed by atoms with Gasteiger partial charge < -0.3 is 14.4 Å². The Morgan fingerprint density at radius 2 is 2.11 bits per heavy atom. The molecular formula is C12H16BrN3O3. The molecule has 0 spiro atoms. The van der Waals surface area contributed by atoms with Gasteiger partial charge in [-0.05, 0) is 36.7 Å². The summed E-state index contributed by atoms with van der Waals surface area (Å²) in [5.41, 5.74) is -0.473. The third-order valence-corrected chi connectivity index (χ3v) is 2.75. The fraction of sp³-hybridized carbons (Fsp3) is 0.583. The first-order valence-corrected chi connectivity index (χ1v) is 6.75. The molecule has 1 aliphatic rings. The van der Waals surface area contributed by atoms with Crippen molar-refractivity contribution in [3.63, 3.8) is 0 Å². The van der Waals surface area contributed by atoms with Crippen LogP contribution in [0.15, 0.2) is 17.0 Å². The lowest BCUT2D eigenvalue weighted by atomic mass is 10.2. The van der Waals surface area contributed by atoms with Gasteiger partial charge in [-0.2, -0.15) is 0 Å². The minimum absolute atomic E-state index is 0.0591. The highest BCUT2D eigenvalue weighted by atomic mass is 79.9. The van der Waals surface area contributed by atoms with Gasteiger partial charge in [-0.1, -0.05) is 0 Å². The lowest BCUT2D eigenvalue weighted by Gasteiger charge is -2.39. The first-order valence-electron chi connectivity index (χ1n) is 5.95. The van der Waals surface area contributed by atoms with Crippen molar-refractivity contribution in [2.24, 2.45) is 0 Å². The summed E-state index contributed by atoms with van der Waals surface area (Å²) in [5, 5.41) is 0. The molecule has 1 fully saturated rings. The highest BCUT2D eigenvalue weighted by molar-refractivity contribution is 9.10. The smallest absolute Gasteiger partial charge is 0.410 e. The van der Waals surface area contributed by atoms with Crippen molar-refractivity contribution >= 4 is 22.0 Å². The van der Waals surface area contributed by atoms with Gasteiger partial charge in [0, 0.05) is 0 Å². The monoisotopic (exact) mass is 329 g/mol. The highest BCUT2D eigenvalue weighted by Crippen LogP contribution is 2.19. The van der Waals surface area contributed by atoms with Crippen LogP contribution in [-0.4, -0.2) is 45.8 Å². The lowest BCUT2D eigenvalue weighted by Crippen LogP contribution is -2.57. The molecule has 0 N–H and O–H groups in total. The zero-order valence-corrected chi connectivity index (χ0v) is 12.7. The molecule has 0 aromatic carbocycles. The summed E-state index contributed by atoms with van der Waals surface area (Å²) >= 11 is 3.22. The van der Waals surface area contributed by atoms with Crippen LogP contribution < -0.4 is 4.74 Å². The van der Waals surface area contributed by atoms with Gasteiger partial charge in [0.1, 0.15) is 16.3 Å². The van der Waals surface area contributed by atoms with Gasteiger partial charge in [-0.15, -0.1) is 0 Å². The SMILES string of the molecule is CC(C)(C)OC(=O)N1CC(Oc2cncc(Br)n2)C1. The molecule has 1 aromatic rings. The maximum absolute atomic E-state index is 11.7. The Bertz CT molecular complexity index is 470. The van der Waals surface area contributed by atoms with Crippen LogP contribution in [0.1, 0.15) is 20.8 Å². The number of nitrogens with zero attached hydrogens (tertiary/aromatic N) is 3. The quantitative estimate of drug-likeness (QED) is 0.832. The molecule has 0 radical (unpaired) electrons. The van der Waals surface area contributed by atoms with E-state index in [1.165, 1.54) is 0 Å². The first-order chi connectivity index (χ1) is 8.83. The standard InChI is InChI=1S/C12H16BrN3O3/c1-12(2,3)19-11(17)16-6-8(7-16)18-10-5-14-4-9(13)15-10/h4-5,8H,6-7H2,1-3H3. The van der Waals surface area contributed by atoms with Gasteiger partial charge >= 0.3 is 6.09 Å². The Hall–Kier alpha value is -1.37. The molecule has 6 nitrogen and oxygen atoms in total. The van der Waals surface area contributed by atoms with E-state index in [1.54, 1.807) is 17.3 Å². The molecule has 1 aliphatic heterocycles. The summed E-state index contributed by atoms with van der Waals surface area (Å²) in [6.45, 7) is 6.54. The molecule has 0 atom stereocenters. The number of likely N-dealkylation sites (tertiary alicyclic amines) is 1. The van der Waals surface area contributed by atoms with Crippen molar-refractivity contribution in [1.82, 2.24) is 14.9 Å². The van der Waals surface area contributed by atoms with Crippen molar-refractivity contribution in [1.29, 1.82) is 0 Å². The number of rotatable bonds is 2. The number of carbonyl (C=O) groups excluding carboxylic acids is 1. The number of hydrogen-bond donors (Lipinski definition) is 0. The van der Waals surface area contributed by atoms with E-state index in [4.69, 9.17) is 9.47 Å². The molecule has 0 saturated carbocycles. The summed E-state index contributed by atoms with van der Waals surface area (Å²) in [7, 11) is 0. The van der Waals surface area contributed by atoms with E-state index in [9.17, 15) is 4.79 Å². The van der Waals surface area contributed by atoms with Crippen LogP contribution >= 0.6 is 15.9 Å². The maximum atomic E-state index is 11.7. The zero-order valence-electron chi connectivity index (χ0n) is 11.1. The van der Waals surface area contributed by atoms with Gasteiger partial charge in [0.05, 0.1) is 25.5 Å². The molecule has 2 rings (SSSR count). The number of carbonyl (C=O) groups is 1. The second-order valence-electron chi connectivity index (χ2n) is 5.31. The number of amides is 1. The Labute approximate surface area is 120 Å². The largest absolute Gasteiger partial charge is 0.469 e. The molecular weight excluding hydrogens is 314 g/mol. The third-order valence-electron chi connectivity index (χ3n) is 2.37. The van der Waals surface area contributed by atoms with Crippen LogP contribution in [0.2, 0.25) is 0 Å². The molecule has 2 heterocycles. The zero-order chi connectivity index (χ0) is 14.0. The second kappa shape index (κ2) is 5.32. The third kappa shape index (κ3) is 4.05. The fourth-order valence-corrected chi connectivity index (χ4v) is 1.83. The van der Waals surface area contributed by atoms with Gasteiger partial charge in [0.2, 0.25) is 5.88 Å². The predicted octanol–water partition coefficient (Wildman–Crippen LogP) is 2.24. The summed E-state index contributed by atoms with van der Waals surface area (Å²) in [6, 6.07) is 0. The molecule has 0 bridgehead atoms. The van der Waals surface area contributed by atoms with Crippen molar-refractivity contribution in [2.75, 3.05) is 13.1 Å². The maximum Gasteiger partial charge on any atom is 0.410 e. The van der Waals surface area contributed by atoms with Crippen molar-refractivity contribution in [3.05, 3.63) is 17.0 Å². The van der Waals surface area contributed by atoms with Crippen molar-refractivity contribution in [2.45, 2.75) is 32.5 Å². The van der Waals surface area contributed by atoms with Crippen LogP contribution in [0, 0.1) is 0 Å². The number of ether oxygens (including phenoxy) is 2. The van der Waals surface area contributed by atoms with E-state index >= 15 is 0 Å². The summed E-state index contributed by atoms with van der Waals surface area (Å²) in [6.07, 6.45) is 2.76. The molecule has 1 aromatic heterocycles. The Morgan fingerprint density at radius 3 is 2.68 bits per heavy atom. The van der Waals surface area contributed by atoms with E-state index in [2.05, 4.69) is 25.9 Å². The highest BCUT2D eigenvalue weighted by Gasteiger charge is 2.35. The van der Waals surface area contributed by atoms with Crippen molar-refractivity contribution < 1.29 is 14.3 Å². The topological polar surface area (TPSA) is 64.5 Å². The molecule has 0 unspecified atom stereocenters. The number of hydrogen-bond acceptors (Lipinski definition) is 5. The molecule has 104 valence electrons. The van der Waals surface area contributed by atoms with Crippen molar-refractivity contribution in [3.8, 4) is 5.88 Å². The average molecular weight is 330 g/mol. The molecule has 1 amide bonds. The van der Waals surface area contributed by atoms with Crippen LogP contribution in [0.3, 0.4) is 0 Å². The molecule has 19 heavy (non-hydrogen) atoms.